The number of methoxy groups -OCH3 is 1. The van der Waals surface area contributed by atoms with Gasteiger partial charge in [-0.2, -0.15) is 5.10 Å². The highest BCUT2D eigenvalue weighted by molar-refractivity contribution is 5.53. The molecule has 0 amide bonds. The molecule has 0 N–H and O–H groups in total. The molecular weight excluding hydrogens is 332 g/mol. The van der Waals surface area contributed by atoms with Gasteiger partial charge in [-0.05, 0) is 31.5 Å². The summed E-state index contributed by atoms with van der Waals surface area (Å²) >= 11 is 0. The number of aryl methyl sites for hydroxylation is 1. The average Bonchev–Trinajstić information content (AvgIpc) is 3.08. The normalized spacial score (nSPS) is 14.2. The fourth-order valence-corrected chi connectivity index (χ4v) is 3.01. The summed E-state index contributed by atoms with van der Waals surface area (Å²) in [4.78, 5) is 6.76. The standard InChI is InChI=1S/C19H20N4O3/c1-13-7-8-16(26-13)15-11-20-22-19(21-15)23-9-4-10-25-18-14(12-23)5-3-6-17(18)24-2/h3,5-8,11H,4,9-10,12H2,1-2H3. The topological polar surface area (TPSA) is 73.5 Å². The molecule has 1 aromatic carbocycles. The van der Waals surface area contributed by atoms with E-state index in [1.165, 1.54) is 0 Å². The Morgan fingerprint density at radius 2 is 2.12 bits per heavy atom. The average molecular weight is 352 g/mol. The Bertz CT molecular complexity index is 909. The maximum atomic E-state index is 5.91. The smallest absolute Gasteiger partial charge is 0.246 e. The maximum absolute atomic E-state index is 5.91. The lowest BCUT2D eigenvalue weighted by Gasteiger charge is -2.27. The molecule has 2 aromatic heterocycles. The fraction of sp³-hybridized carbons (Fsp3) is 0.316. The molecule has 0 saturated heterocycles. The van der Waals surface area contributed by atoms with E-state index in [1.54, 1.807) is 13.3 Å². The van der Waals surface area contributed by atoms with Crippen LogP contribution >= 0.6 is 0 Å². The highest BCUT2D eigenvalue weighted by atomic mass is 16.5. The minimum Gasteiger partial charge on any atom is -0.493 e. The first kappa shape index (κ1) is 16.4. The molecule has 1 aliphatic rings. The van der Waals surface area contributed by atoms with Crippen LogP contribution in [0.1, 0.15) is 17.7 Å². The molecule has 0 spiro atoms. The molecule has 0 unspecified atom stereocenters. The van der Waals surface area contributed by atoms with E-state index in [1.807, 2.05) is 37.3 Å². The summed E-state index contributed by atoms with van der Waals surface area (Å²) in [7, 11) is 1.65. The summed E-state index contributed by atoms with van der Waals surface area (Å²) in [6.45, 7) is 3.91. The van der Waals surface area contributed by atoms with Crippen molar-refractivity contribution in [2.45, 2.75) is 19.9 Å². The molecule has 0 saturated carbocycles. The number of hydrogen-bond donors (Lipinski definition) is 0. The third-order valence-corrected chi connectivity index (χ3v) is 4.28. The molecule has 0 fully saturated rings. The van der Waals surface area contributed by atoms with Crippen molar-refractivity contribution < 1.29 is 13.9 Å². The number of furan rings is 1. The maximum Gasteiger partial charge on any atom is 0.246 e. The second kappa shape index (κ2) is 7.03. The number of para-hydroxylation sites is 1. The second-order valence-electron chi connectivity index (χ2n) is 6.12. The lowest BCUT2D eigenvalue weighted by molar-refractivity contribution is 0.281. The van der Waals surface area contributed by atoms with Crippen LogP contribution in [0, 0.1) is 6.92 Å². The first-order valence-electron chi connectivity index (χ1n) is 8.55. The van der Waals surface area contributed by atoms with Crippen LogP contribution in [-0.2, 0) is 6.54 Å². The summed E-state index contributed by atoms with van der Waals surface area (Å²) in [6.07, 6.45) is 2.47. The summed E-state index contributed by atoms with van der Waals surface area (Å²) < 4.78 is 17.0. The van der Waals surface area contributed by atoms with E-state index in [2.05, 4.69) is 20.1 Å². The number of aromatic nitrogens is 3. The molecule has 0 aliphatic carbocycles. The minimum atomic E-state index is 0.576. The Kier molecular flexibility index (Phi) is 4.43. The van der Waals surface area contributed by atoms with Gasteiger partial charge in [0.1, 0.15) is 11.5 Å². The minimum absolute atomic E-state index is 0.576. The van der Waals surface area contributed by atoms with E-state index in [9.17, 15) is 0 Å². The summed E-state index contributed by atoms with van der Waals surface area (Å²) in [5.41, 5.74) is 1.71. The first-order valence-corrected chi connectivity index (χ1v) is 8.55. The van der Waals surface area contributed by atoms with Gasteiger partial charge >= 0.3 is 0 Å². The lowest BCUT2D eigenvalue weighted by Crippen LogP contribution is -2.29. The quantitative estimate of drug-likeness (QED) is 0.716. The van der Waals surface area contributed by atoms with Gasteiger partial charge in [0.15, 0.2) is 17.3 Å². The van der Waals surface area contributed by atoms with Crippen molar-refractivity contribution in [1.82, 2.24) is 15.2 Å². The van der Waals surface area contributed by atoms with E-state index >= 15 is 0 Å². The van der Waals surface area contributed by atoms with E-state index in [0.717, 1.165) is 35.8 Å². The van der Waals surface area contributed by atoms with Crippen LogP contribution in [0.4, 0.5) is 5.95 Å². The molecule has 7 heteroatoms. The van der Waals surface area contributed by atoms with Gasteiger partial charge in [0.25, 0.3) is 0 Å². The third-order valence-electron chi connectivity index (χ3n) is 4.28. The van der Waals surface area contributed by atoms with Crippen molar-refractivity contribution in [2.24, 2.45) is 0 Å². The molecule has 134 valence electrons. The molecule has 0 atom stereocenters. The molecule has 3 aromatic rings. The third kappa shape index (κ3) is 3.20. The van der Waals surface area contributed by atoms with Crippen LogP contribution in [0.25, 0.3) is 11.5 Å². The monoisotopic (exact) mass is 352 g/mol. The second-order valence-corrected chi connectivity index (χ2v) is 6.12. The van der Waals surface area contributed by atoms with Crippen molar-refractivity contribution >= 4 is 5.95 Å². The van der Waals surface area contributed by atoms with Gasteiger partial charge in [-0.3, -0.25) is 0 Å². The molecule has 1 aliphatic heterocycles. The van der Waals surface area contributed by atoms with E-state index in [-0.39, 0.29) is 0 Å². The van der Waals surface area contributed by atoms with Crippen molar-refractivity contribution in [1.29, 1.82) is 0 Å². The Morgan fingerprint density at radius 3 is 2.92 bits per heavy atom. The number of hydrogen-bond acceptors (Lipinski definition) is 7. The predicted molar refractivity (Wildman–Crippen MR) is 96.4 cm³/mol. The van der Waals surface area contributed by atoms with Crippen molar-refractivity contribution in [3.8, 4) is 23.0 Å². The van der Waals surface area contributed by atoms with Crippen molar-refractivity contribution in [2.75, 3.05) is 25.2 Å². The van der Waals surface area contributed by atoms with Crippen molar-refractivity contribution in [3.63, 3.8) is 0 Å². The van der Waals surface area contributed by atoms with Gasteiger partial charge in [0, 0.05) is 18.7 Å². The van der Waals surface area contributed by atoms with Crippen LogP contribution in [0.3, 0.4) is 0 Å². The number of nitrogens with zero attached hydrogens (tertiary/aromatic N) is 4. The number of benzene rings is 1. The van der Waals surface area contributed by atoms with Crippen LogP contribution in [0.5, 0.6) is 11.5 Å². The highest BCUT2D eigenvalue weighted by Crippen LogP contribution is 2.33. The number of ether oxygens (including phenoxy) is 2. The summed E-state index contributed by atoms with van der Waals surface area (Å²) in [6, 6.07) is 9.70. The van der Waals surface area contributed by atoms with Gasteiger partial charge in [-0.25, -0.2) is 4.98 Å². The van der Waals surface area contributed by atoms with Crippen LogP contribution in [0.15, 0.2) is 40.9 Å². The Balaban J connectivity index is 1.67. The van der Waals surface area contributed by atoms with Crippen LogP contribution in [-0.4, -0.2) is 35.4 Å². The zero-order chi connectivity index (χ0) is 17.9. The lowest BCUT2D eigenvalue weighted by atomic mass is 10.1. The Morgan fingerprint density at radius 1 is 1.19 bits per heavy atom. The number of rotatable bonds is 3. The van der Waals surface area contributed by atoms with Crippen LogP contribution < -0.4 is 14.4 Å². The predicted octanol–water partition coefficient (Wildman–Crippen LogP) is 3.24. The summed E-state index contributed by atoms with van der Waals surface area (Å²) in [5.74, 6) is 3.63. The van der Waals surface area contributed by atoms with E-state index in [4.69, 9.17) is 13.9 Å². The highest BCUT2D eigenvalue weighted by Gasteiger charge is 2.20. The first-order chi connectivity index (χ1) is 12.7. The molecule has 3 heterocycles. The molecule has 4 rings (SSSR count). The van der Waals surface area contributed by atoms with E-state index in [0.29, 0.717) is 30.6 Å². The molecular formula is C19H20N4O3. The number of anilines is 1. The summed E-state index contributed by atoms with van der Waals surface area (Å²) in [5, 5.41) is 8.35. The van der Waals surface area contributed by atoms with E-state index < -0.39 is 0 Å². The van der Waals surface area contributed by atoms with Gasteiger partial charge in [-0.1, -0.05) is 12.1 Å². The largest absolute Gasteiger partial charge is 0.493 e. The van der Waals surface area contributed by atoms with Gasteiger partial charge in [0.05, 0.1) is 19.9 Å². The van der Waals surface area contributed by atoms with Crippen LogP contribution in [0.2, 0.25) is 0 Å². The molecule has 26 heavy (non-hydrogen) atoms. The van der Waals surface area contributed by atoms with Gasteiger partial charge in [0.2, 0.25) is 5.95 Å². The van der Waals surface area contributed by atoms with Gasteiger partial charge < -0.3 is 18.8 Å². The Labute approximate surface area is 151 Å². The number of fused-ring (bicyclic) bond motifs is 1. The fourth-order valence-electron chi connectivity index (χ4n) is 3.01. The molecule has 0 radical (unpaired) electrons. The SMILES string of the molecule is COc1cccc2c1OCCCN(c1nncc(-c3ccc(C)o3)n1)C2. The molecule has 7 nitrogen and oxygen atoms in total. The zero-order valence-corrected chi connectivity index (χ0v) is 14.8. The Hall–Kier alpha value is -3.09. The van der Waals surface area contributed by atoms with Gasteiger partial charge in [-0.15, -0.1) is 5.10 Å². The van der Waals surface area contributed by atoms with Crippen molar-refractivity contribution in [3.05, 3.63) is 47.9 Å². The molecule has 0 bridgehead atoms. The zero-order valence-electron chi connectivity index (χ0n) is 14.8.